The molecule has 3 heteroatoms. The van der Waals surface area contributed by atoms with E-state index in [9.17, 15) is 4.79 Å². The zero-order valence-corrected chi connectivity index (χ0v) is 7.43. The van der Waals surface area contributed by atoms with Gasteiger partial charge in [0.15, 0.2) is 0 Å². The molecule has 0 saturated heterocycles. The Balaban J connectivity index is 3.85. The zero-order valence-electron chi connectivity index (χ0n) is 7.43. The van der Waals surface area contributed by atoms with E-state index in [1.165, 1.54) is 6.92 Å². The highest BCUT2D eigenvalue weighted by molar-refractivity contribution is 5.66. The van der Waals surface area contributed by atoms with Crippen molar-refractivity contribution in [1.29, 1.82) is 0 Å². The molecule has 3 nitrogen and oxygen atoms in total. The minimum absolute atomic E-state index is 0.270. The van der Waals surface area contributed by atoms with Gasteiger partial charge in [-0.2, -0.15) is 0 Å². The summed E-state index contributed by atoms with van der Waals surface area (Å²) in [5, 5.41) is 0. The Labute approximate surface area is 67.0 Å². The largest absolute Gasteiger partial charge is 0.501 e. The zero-order chi connectivity index (χ0) is 8.85. The normalized spacial score (nSPS) is 12.0. The maximum Gasteiger partial charge on any atom is 0.302 e. The van der Waals surface area contributed by atoms with Gasteiger partial charge in [-0.05, 0) is 13.8 Å². The smallest absolute Gasteiger partial charge is 0.302 e. The summed E-state index contributed by atoms with van der Waals surface area (Å²) in [5.41, 5.74) is 0.933. The number of allylic oxidation sites excluding steroid dienone is 1. The van der Waals surface area contributed by atoms with Crippen molar-refractivity contribution in [3.8, 4) is 0 Å². The molecule has 0 bridgehead atoms. The van der Waals surface area contributed by atoms with E-state index >= 15 is 0 Å². The summed E-state index contributed by atoms with van der Waals surface area (Å²) >= 11 is 0. The Hall–Kier alpha value is -0.990. The van der Waals surface area contributed by atoms with Crippen LogP contribution in [0, 0.1) is 0 Å². The Kier molecular flexibility index (Phi) is 4.34. The Morgan fingerprint density at radius 2 is 1.82 bits per heavy atom. The molecule has 0 aliphatic carbocycles. The van der Waals surface area contributed by atoms with Gasteiger partial charge in [-0.3, -0.25) is 4.79 Å². The van der Waals surface area contributed by atoms with Gasteiger partial charge in [0.25, 0.3) is 0 Å². The first-order chi connectivity index (χ1) is 5.07. The summed E-state index contributed by atoms with van der Waals surface area (Å²) in [4.78, 5) is 10.4. The third kappa shape index (κ3) is 4.42. The Morgan fingerprint density at radius 1 is 1.27 bits per heavy atom. The van der Waals surface area contributed by atoms with Crippen molar-refractivity contribution in [3.63, 3.8) is 0 Å². The predicted molar refractivity (Wildman–Crippen MR) is 42.0 cm³/mol. The van der Waals surface area contributed by atoms with E-state index in [1.54, 1.807) is 7.11 Å². The molecule has 0 rings (SSSR count). The maximum atomic E-state index is 10.4. The second kappa shape index (κ2) is 4.77. The van der Waals surface area contributed by atoms with Gasteiger partial charge in [-0.25, -0.2) is 0 Å². The summed E-state index contributed by atoms with van der Waals surface area (Å²) in [5.74, 6) is 0.527. The van der Waals surface area contributed by atoms with Crippen LogP contribution in [0.15, 0.2) is 11.3 Å². The first-order valence-electron chi connectivity index (χ1n) is 3.41. The highest BCUT2D eigenvalue weighted by atomic mass is 16.5. The van der Waals surface area contributed by atoms with Crippen LogP contribution in [0.5, 0.6) is 0 Å². The van der Waals surface area contributed by atoms with Gasteiger partial charge in [0.2, 0.25) is 0 Å². The highest BCUT2D eigenvalue weighted by Crippen LogP contribution is 2.03. The number of methoxy groups -OCH3 is 1. The van der Waals surface area contributed by atoms with Crippen molar-refractivity contribution in [2.75, 3.05) is 13.7 Å². The molecule has 0 unspecified atom stereocenters. The van der Waals surface area contributed by atoms with E-state index < -0.39 is 0 Å². The van der Waals surface area contributed by atoms with E-state index in [4.69, 9.17) is 9.47 Å². The van der Waals surface area contributed by atoms with Crippen LogP contribution in [0.2, 0.25) is 0 Å². The van der Waals surface area contributed by atoms with E-state index in [0.29, 0.717) is 6.61 Å². The molecule has 0 radical (unpaired) electrons. The third-order valence-electron chi connectivity index (χ3n) is 1.40. The number of rotatable bonds is 3. The lowest BCUT2D eigenvalue weighted by Gasteiger charge is -2.05. The molecule has 0 aromatic rings. The van der Waals surface area contributed by atoms with Crippen LogP contribution in [-0.2, 0) is 14.3 Å². The van der Waals surface area contributed by atoms with Crippen molar-refractivity contribution in [2.45, 2.75) is 20.8 Å². The summed E-state index contributed by atoms with van der Waals surface area (Å²) in [6, 6.07) is 0. The predicted octanol–water partition coefficient (Wildman–Crippen LogP) is 1.49. The lowest BCUT2D eigenvalue weighted by Crippen LogP contribution is -2.03. The molecule has 0 saturated carbocycles. The first kappa shape index (κ1) is 10.0. The number of carbonyl (C=O) groups excluding carboxylic acids is 1. The molecule has 0 aromatic carbocycles. The van der Waals surface area contributed by atoms with Gasteiger partial charge in [0.1, 0.15) is 6.61 Å². The number of hydrogen-bond donors (Lipinski definition) is 0. The fraction of sp³-hybridized carbons (Fsp3) is 0.625. The standard InChI is InChI=1S/C8H14O3/c1-6(7(2)10-4)5-11-8(3)9/h5H2,1-4H3/b7-6-. The van der Waals surface area contributed by atoms with Gasteiger partial charge in [0, 0.05) is 12.5 Å². The molecule has 0 atom stereocenters. The Bertz CT molecular complexity index is 170. The van der Waals surface area contributed by atoms with Gasteiger partial charge in [-0.1, -0.05) is 0 Å². The summed E-state index contributed by atoms with van der Waals surface area (Å²) < 4.78 is 9.68. The van der Waals surface area contributed by atoms with Crippen LogP contribution in [0.25, 0.3) is 0 Å². The van der Waals surface area contributed by atoms with Crippen LogP contribution in [0.3, 0.4) is 0 Å². The lowest BCUT2D eigenvalue weighted by atomic mass is 10.3. The number of hydrogen-bond acceptors (Lipinski definition) is 3. The topological polar surface area (TPSA) is 35.5 Å². The first-order valence-corrected chi connectivity index (χ1v) is 3.41. The molecular formula is C8H14O3. The van der Waals surface area contributed by atoms with Gasteiger partial charge >= 0.3 is 5.97 Å². The fourth-order valence-electron chi connectivity index (χ4n) is 0.486. The molecular weight excluding hydrogens is 144 g/mol. The molecule has 0 N–H and O–H groups in total. The van der Waals surface area contributed by atoms with Crippen molar-refractivity contribution in [1.82, 2.24) is 0 Å². The molecule has 0 heterocycles. The molecule has 0 aliphatic rings. The van der Waals surface area contributed by atoms with Crippen LogP contribution >= 0.6 is 0 Å². The molecule has 0 aliphatic heterocycles. The second-order valence-corrected chi connectivity index (χ2v) is 2.32. The molecule has 0 aromatic heterocycles. The minimum Gasteiger partial charge on any atom is -0.501 e. The summed E-state index contributed by atoms with van der Waals surface area (Å²) in [6.45, 7) is 5.39. The molecule has 11 heavy (non-hydrogen) atoms. The van der Waals surface area contributed by atoms with Crippen molar-refractivity contribution >= 4 is 5.97 Å². The van der Waals surface area contributed by atoms with E-state index in [1.807, 2.05) is 13.8 Å². The van der Waals surface area contributed by atoms with Gasteiger partial charge < -0.3 is 9.47 Å². The van der Waals surface area contributed by atoms with E-state index in [-0.39, 0.29) is 5.97 Å². The summed E-state index contributed by atoms with van der Waals surface area (Å²) in [6.07, 6.45) is 0. The van der Waals surface area contributed by atoms with Crippen LogP contribution in [-0.4, -0.2) is 19.7 Å². The van der Waals surface area contributed by atoms with Crippen molar-refractivity contribution in [3.05, 3.63) is 11.3 Å². The quantitative estimate of drug-likeness (QED) is 0.461. The second-order valence-electron chi connectivity index (χ2n) is 2.32. The molecule has 0 fully saturated rings. The number of esters is 1. The van der Waals surface area contributed by atoms with E-state index in [2.05, 4.69) is 0 Å². The highest BCUT2D eigenvalue weighted by Gasteiger charge is 1.98. The monoisotopic (exact) mass is 158 g/mol. The third-order valence-corrected chi connectivity index (χ3v) is 1.40. The van der Waals surface area contributed by atoms with Gasteiger partial charge in [-0.15, -0.1) is 0 Å². The number of carbonyl (C=O) groups is 1. The van der Waals surface area contributed by atoms with Crippen LogP contribution < -0.4 is 0 Å². The lowest BCUT2D eigenvalue weighted by molar-refractivity contribution is -0.140. The molecule has 0 spiro atoms. The molecule has 64 valence electrons. The Morgan fingerprint density at radius 3 is 2.18 bits per heavy atom. The van der Waals surface area contributed by atoms with Crippen molar-refractivity contribution < 1.29 is 14.3 Å². The van der Waals surface area contributed by atoms with Crippen LogP contribution in [0.4, 0.5) is 0 Å². The summed E-state index contributed by atoms with van der Waals surface area (Å²) in [7, 11) is 1.59. The average molecular weight is 158 g/mol. The van der Waals surface area contributed by atoms with Crippen LogP contribution in [0.1, 0.15) is 20.8 Å². The van der Waals surface area contributed by atoms with Gasteiger partial charge in [0.05, 0.1) is 12.9 Å². The SMILES string of the molecule is CO/C(C)=C(/C)COC(C)=O. The minimum atomic E-state index is -0.270. The van der Waals surface area contributed by atoms with Crippen molar-refractivity contribution in [2.24, 2.45) is 0 Å². The molecule has 0 amide bonds. The fourth-order valence-corrected chi connectivity index (χ4v) is 0.486. The number of ether oxygens (including phenoxy) is 2. The van der Waals surface area contributed by atoms with E-state index in [0.717, 1.165) is 11.3 Å². The maximum absolute atomic E-state index is 10.4. The average Bonchev–Trinajstić information content (AvgIpc) is 1.98.